The zero-order valence-electron chi connectivity index (χ0n) is 12.0. The highest BCUT2D eigenvalue weighted by atomic mass is 32.2. The second-order valence-corrected chi connectivity index (χ2v) is 8.15. The molecule has 1 aliphatic heterocycles. The van der Waals surface area contributed by atoms with Crippen molar-refractivity contribution in [2.75, 3.05) is 46.4 Å². The van der Waals surface area contributed by atoms with Crippen LogP contribution in [0.3, 0.4) is 0 Å². The molecule has 1 saturated heterocycles. The van der Waals surface area contributed by atoms with Gasteiger partial charge in [0.25, 0.3) is 10.0 Å². The molecule has 2 rings (SSSR count). The lowest BCUT2D eigenvalue weighted by Crippen LogP contribution is -2.49. The Bertz CT molecular complexity index is 519. The number of sulfonamides is 1. The maximum absolute atomic E-state index is 12.5. The van der Waals surface area contributed by atoms with Gasteiger partial charge in [-0.1, -0.05) is 6.92 Å². The zero-order chi connectivity index (χ0) is 14.6. The predicted molar refractivity (Wildman–Crippen MR) is 80.8 cm³/mol. The van der Waals surface area contributed by atoms with Gasteiger partial charge >= 0.3 is 0 Å². The van der Waals surface area contributed by atoms with Gasteiger partial charge in [0.05, 0.1) is 6.61 Å². The number of piperazine rings is 1. The second kappa shape index (κ2) is 7.00. The molecule has 5 nitrogen and oxygen atoms in total. The molecule has 20 heavy (non-hydrogen) atoms. The SMILES string of the molecule is CCc1ccc(S(=O)(=O)N2CCN(CCOC)CC2)s1. The Morgan fingerprint density at radius 3 is 2.50 bits per heavy atom. The van der Waals surface area contributed by atoms with E-state index in [0.717, 1.165) is 30.9 Å². The zero-order valence-corrected chi connectivity index (χ0v) is 13.7. The van der Waals surface area contributed by atoms with Gasteiger partial charge < -0.3 is 4.74 Å². The van der Waals surface area contributed by atoms with Crippen LogP contribution in [0.25, 0.3) is 0 Å². The van der Waals surface area contributed by atoms with Crippen LogP contribution in [0, 0.1) is 0 Å². The fourth-order valence-electron chi connectivity index (χ4n) is 2.23. The maximum atomic E-state index is 12.5. The van der Waals surface area contributed by atoms with Gasteiger partial charge in [-0.2, -0.15) is 4.31 Å². The van der Waals surface area contributed by atoms with E-state index in [9.17, 15) is 8.42 Å². The van der Waals surface area contributed by atoms with Crippen molar-refractivity contribution in [3.8, 4) is 0 Å². The van der Waals surface area contributed by atoms with Crippen LogP contribution < -0.4 is 0 Å². The molecule has 0 radical (unpaired) electrons. The molecule has 114 valence electrons. The Labute approximate surface area is 125 Å². The first-order valence-electron chi connectivity index (χ1n) is 6.88. The molecule has 0 spiro atoms. The summed E-state index contributed by atoms with van der Waals surface area (Å²) in [6, 6.07) is 3.64. The summed E-state index contributed by atoms with van der Waals surface area (Å²) in [5, 5.41) is 0. The standard InChI is InChI=1S/C13H22N2O3S2/c1-3-12-4-5-13(19-12)20(16,17)15-8-6-14(7-9-15)10-11-18-2/h4-5H,3,6-11H2,1-2H3. The third-order valence-corrected chi connectivity index (χ3v) is 7.12. The van der Waals surface area contributed by atoms with Gasteiger partial charge in [0.2, 0.25) is 0 Å². The van der Waals surface area contributed by atoms with Crippen LogP contribution in [-0.2, 0) is 21.2 Å². The van der Waals surface area contributed by atoms with Crippen LogP contribution in [0.15, 0.2) is 16.3 Å². The predicted octanol–water partition coefficient (Wildman–Crippen LogP) is 1.26. The van der Waals surface area contributed by atoms with E-state index in [1.165, 1.54) is 11.3 Å². The summed E-state index contributed by atoms with van der Waals surface area (Å²) < 4.78 is 32.2. The van der Waals surface area contributed by atoms with Crippen LogP contribution in [0.2, 0.25) is 0 Å². The average Bonchev–Trinajstić information content (AvgIpc) is 2.95. The van der Waals surface area contributed by atoms with Gasteiger partial charge in [-0.25, -0.2) is 8.42 Å². The summed E-state index contributed by atoms with van der Waals surface area (Å²) in [7, 11) is -1.62. The molecule has 7 heteroatoms. The van der Waals surface area contributed by atoms with Crippen LogP contribution >= 0.6 is 11.3 Å². The summed E-state index contributed by atoms with van der Waals surface area (Å²) in [5.74, 6) is 0. The lowest BCUT2D eigenvalue weighted by Gasteiger charge is -2.33. The average molecular weight is 318 g/mol. The molecule has 0 unspecified atom stereocenters. The van der Waals surface area contributed by atoms with Crippen molar-refractivity contribution < 1.29 is 13.2 Å². The molecule has 0 N–H and O–H groups in total. The molecule has 0 aliphatic carbocycles. The largest absolute Gasteiger partial charge is 0.383 e. The van der Waals surface area contributed by atoms with E-state index in [1.54, 1.807) is 17.5 Å². The number of nitrogens with zero attached hydrogens (tertiary/aromatic N) is 2. The van der Waals surface area contributed by atoms with Gasteiger partial charge in [-0.15, -0.1) is 11.3 Å². The van der Waals surface area contributed by atoms with Crippen molar-refractivity contribution in [2.45, 2.75) is 17.6 Å². The Balaban J connectivity index is 1.98. The van der Waals surface area contributed by atoms with E-state index in [2.05, 4.69) is 4.90 Å². The minimum atomic E-state index is -3.30. The number of hydrogen-bond acceptors (Lipinski definition) is 5. The first-order chi connectivity index (χ1) is 9.57. The van der Waals surface area contributed by atoms with Crippen LogP contribution in [0.4, 0.5) is 0 Å². The normalized spacial score (nSPS) is 18.5. The first-order valence-corrected chi connectivity index (χ1v) is 9.13. The number of rotatable bonds is 6. The molecule has 1 fully saturated rings. The monoisotopic (exact) mass is 318 g/mol. The van der Waals surface area contributed by atoms with Gasteiger partial charge in [-0.3, -0.25) is 4.90 Å². The minimum absolute atomic E-state index is 0.472. The van der Waals surface area contributed by atoms with Gasteiger partial charge in [0, 0.05) is 44.7 Å². The molecule has 0 aromatic carbocycles. The highest BCUT2D eigenvalue weighted by molar-refractivity contribution is 7.91. The molecule has 2 heterocycles. The first kappa shape index (κ1) is 15.9. The lowest BCUT2D eigenvalue weighted by molar-refractivity contribution is 0.123. The smallest absolute Gasteiger partial charge is 0.252 e. The third kappa shape index (κ3) is 3.59. The Kier molecular flexibility index (Phi) is 5.57. The second-order valence-electron chi connectivity index (χ2n) is 4.81. The van der Waals surface area contributed by atoms with Crippen molar-refractivity contribution in [1.82, 2.24) is 9.21 Å². The topological polar surface area (TPSA) is 49.9 Å². The highest BCUT2D eigenvalue weighted by Gasteiger charge is 2.29. The molecular formula is C13H22N2O3S2. The Morgan fingerprint density at radius 2 is 1.95 bits per heavy atom. The van der Waals surface area contributed by atoms with E-state index >= 15 is 0 Å². The van der Waals surface area contributed by atoms with E-state index in [1.807, 2.05) is 13.0 Å². The van der Waals surface area contributed by atoms with Crippen LogP contribution in [-0.4, -0.2) is 64.1 Å². The fraction of sp³-hybridized carbons (Fsp3) is 0.692. The van der Waals surface area contributed by atoms with Crippen molar-refractivity contribution in [3.05, 3.63) is 17.0 Å². The molecule has 0 saturated carbocycles. The lowest BCUT2D eigenvalue weighted by atomic mass is 10.4. The number of thiophene rings is 1. The summed E-state index contributed by atoms with van der Waals surface area (Å²) in [6.07, 6.45) is 0.880. The van der Waals surface area contributed by atoms with Crippen molar-refractivity contribution >= 4 is 21.4 Å². The summed E-state index contributed by atoms with van der Waals surface area (Å²) >= 11 is 1.38. The van der Waals surface area contributed by atoms with Crippen LogP contribution in [0.5, 0.6) is 0 Å². The minimum Gasteiger partial charge on any atom is -0.383 e. The quantitative estimate of drug-likeness (QED) is 0.792. The molecule has 0 amide bonds. The molecule has 0 atom stereocenters. The van der Waals surface area contributed by atoms with E-state index in [-0.39, 0.29) is 0 Å². The molecule has 0 bridgehead atoms. The van der Waals surface area contributed by atoms with E-state index < -0.39 is 10.0 Å². The molecular weight excluding hydrogens is 296 g/mol. The summed E-state index contributed by atoms with van der Waals surface area (Å²) in [5.41, 5.74) is 0. The highest BCUT2D eigenvalue weighted by Crippen LogP contribution is 2.25. The fourth-order valence-corrected chi connectivity index (χ4v) is 5.10. The Morgan fingerprint density at radius 1 is 1.25 bits per heavy atom. The van der Waals surface area contributed by atoms with Crippen LogP contribution in [0.1, 0.15) is 11.8 Å². The number of methoxy groups -OCH3 is 1. The van der Waals surface area contributed by atoms with E-state index in [4.69, 9.17) is 4.74 Å². The van der Waals surface area contributed by atoms with E-state index in [0.29, 0.717) is 23.9 Å². The maximum Gasteiger partial charge on any atom is 0.252 e. The number of ether oxygens (including phenoxy) is 1. The third-order valence-electron chi connectivity index (χ3n) is 3.52. The Hall–Kier alpha value is -0.470. The summed E-state index contributed by atoms with van der Waals surface area (Å²) in [4.78, 5) is 3.35. The summed E-state index contributed by atoms with van der Waals surface area (Å²) in [6.45, 7) is 6.26. The van der Waals surface area contributed by atoms with Crippen molar-refractivity contribution in [1.29, 1.82) is 0 Å². The van der Waals surface area contributed by atoms with Gasteiger partial charge in [0.1, 0.15) is 4.21 Å². The molecule has 1 aliphatic rings. The van der Waals surface area contributed by atoms with Crippen molar-refractivity contribution in [3.63, 3.8) is 0 Å². The molecule has 1 aromatic heterocycles. The number of aryl methyl sites for hydroxylation is 1. The molecule has 1 aromatic rings. The van der Waals surface area contributed by atoms with Gasteiger partial charge in [-0.05, 0) is 18.6 Å². The number of hydrogen-bond donors (Lipinski definition) is 0. The van der Waals surface area contributed by atoms with Gasteiger partial charge in [0.15, 0.2) is 0 Å². The van der Waals surface area contributed by atoms with Crippen molar-refractivity contribution in [2.24, 2.45) is 0 Å².